The molecule has 1 aromatic heterocycles. The number of nitrogens with zero attached hydrogens (tertiary/aromatic N) is 2. The van der Waals surface area contributed by atoms with E-state index in [1.807, 2.05) is 32.0 Å². The van der Waals surface area contributed by atoms with E-state index in [2.05, 4.69) is 9.59 Å². The third-order valence-electron chi connectivity index (χ3n) is 3.07. The Labute approximate surface area is 117 Å². The maximum atomic E-state index is 10.4. The summed E-state index contributed by atoms with van der Waals surface area (Å²) in [6.07, 6.45) is 0.723. The van der Waals surface area contributed by atoms with E-state index in [4.69, 9.17) is 4.74 Å². The molecule has 5 heteroatoms. The van der Waals surface area contributed by atoms with E-state index in [0.29, 0.717) is 6.42 Å². The van der Waals surface area contributed by atoms with Crippen LogP contribution in [0.4, 0.5) is 0 Å². The van der Waals surface area contributed by atoms with Crippen molar-refractivity contribution < 1.29 is 9.84 Å². The van der Waals surface area contributed by atoms with Crippen molar-refractivity contribution in [2.45, 2.75) is 32.8 Å². The summed E-state index contributed by atoms with van der Waals surface area (Å²) in [5, 5.41) is 14.4. The minimum Gasteiger partial charge on any atom is -0.496 e. The number of methoxy groups -OCH3 is 1. The molecule has 1 unspecified atom stereocenters. The quantitative estimate of drug-likeness (QED) is 0.913. The summed E-state index contributed by atoms with van der Waals surface area (Å²) in [6.45, 7) is 4.04. The van der Waals surface area contributed by atoms with Gasteiger partial charge < -0.3 is 9.84 Å². The number of aliphatic hydroxyl groups is 1. The van der Waals surface area contributed by atoms with Crippen molar-refractivity contribution >= 4 is 11.5 Å². The van der Waals surface area contributed by atoms with E-state index in [9.17, 15) is 5.11 Å². The summed E-state index contributed by atoms with van der Waals surface area (Å²) in [5.74, 6) is 0.806. The van der Waals surface area contributed by atoms with Crippen LogP contribution >= 0.6 is 11.5 Å². The monoisotopic (exact) mass is 278 g/mol. The molecule has 0 saturated heterocycles. The van der Waals surface area contributed by atoms with Crippen molar-refractivity contribution in [3.63, 3.8) is 0 Å². The molecule has 102 valence electrons. The average Bonchev–Trinajstić information content (AvgIpc) is 2.87. The molecule has 2 aromatic rings. The average molecular weight is 278 g/mol. The summed E-state index contributed by atoms with van der Waals surface area (Å²) >= 11 is 1.27. The molecule has 1 heterocycles. The van der Waals surface area contributed by atoms with Gasteiger partial charge in [-0.3, -0.25) is 0 Å². The second kappa shape index (κ2) is 6.12. The number of rotatable bonds is 5. The Morgan fingerprint density at radius 1 is 1.42 bits per heavy atom. The fourth-order valence-corrected chi connectivity index (χ4v) is 2.80. The van der Waals surface area contributed by atoms with Gasteiger partial charge in [0, 0.05) is 6.42 Å². The summed E-state index contributed by atoms with van der Waals surface area (Å²) in [4.78, 5) is 0.853. The molecule has 0 aliphatic heterocycles. The summed E-state index contributed by atoms with van der Waals surface area (Å²) < 4.78 is 9.25. The van der Waals surface area contributed by atoms with Gasteiger partial charge in [-0.1, -0.05) is 29.1 Å². The minimum absolute atomic E-state index is 0.516. The molecule has 0 fully saturated rings. The van der Waals surface area contributed by atoms with Gasteiger partial charge >= 0.3 is 0 Å². The van der Waals surface area contributed by atoms with E-state index in [-0.39, 0.29) is 0 Å². The fraction of sp³-hybridized carbons (Fsp3) is 0.429. The molecule has 0 bridgehead atoms. The molecule has 1 N–H and O–H groups in total. The van der Waals surface area contributed by atoms with Crippen molar-refractivity contribution in [3.05, 3.63) is 39.9 Å². The van der Waals surface area contributed by atoms with Crippen LogP contribution in [-0.2, 0) is 12.8 Å². The predicted molar refractivity (Wildman–Crippen MR) is 75.7 cm³/mol. The Hall–Kier alpha value is -1.46. The van der Waals surface area contributed by atoms with Gasteiger partial charge in [0.2, 0.25) is 0 Å². The standard InChI is InChI=1S/C14H18N2O2S/c1-4-11-14(19-16-15-11)12(17)8-10-7-9(2)5-6-13(10)18-3/h5-7,12,17H,4,8H2,1-3H3. The Morgan fingerprint density at radius 2 is 2.21 bits per heavy atom. The lowest BCUT2D eigenvalue weighted by Crippen LogP contribution is -2.04. The van der Waals surface area contributed by atoms with E-state index in [0.717, 1.165) is 33.9 Å². The highest BCUT2D eigenvalue weighted by Crippen LogP contribution is 2.28. The molecular formula is C14H18N2O2S. The number of aromatic nitrogens is 2. The molecule has 4 nitrogen and oxygen atoms in total. The van der Waals surface area contributed by atoms with Crippen LogP contribution in [0.25, 0.3) is 0 Å². The van der Waals surface area contributed by atoms with E-state index < -0.39 is 6.10 Å². The molecule has 19 heavy (non-hydrogen) atoms. The van der Waals surface area contributed by atoms with Gasteiger partial charge in [-0.05, 0) is 36.5 Å². The number of hydrogen-bond acceptors (Lipinski definition) is 5. The maximum Gasteiger partial charge on any atom is 0.122 e. The topological polar surface area (TPSA) is 55.2 Å². The second-order valence-corrected chi connectivity index (χ2v) is 5.26. The Morgan fingerprint density at radius 3 is 2.89 bits per heavy atom. The van der Waals surface area contributed by atoms with Gasteiger partial charge in [0.15, 0.2) is 0 Å². The summed E-state index contributed by atoms with van der Waals surface area (Å²) in [5.41, 5.74) is 3.04. The highest BCUT2D eigenvalue weighted by atomic mass is 32.1. The molecule has 2 rings (SSSR count). The van der Waals surface area contributed by atoms with Gasteiger partial charge in [-0.2, -0.15) is 0 Å². The van der Waals surface area contributed by atoms with Crippen LogP contribution in [0.5, 0.6) is 5.75 Å². The van der Waals surface area contributed by atoms with Gasteiger partial charge in [0.05, 0.1) is 23.8 Å². The Balaban J connectivity index is 2.23. The molecule has 1 atom stereocenters. The number of benzene rings is 1. The molecule has 1 aromatic carbocycles. The van der Waals surface area contributed by atoms with Crippen molar-refractivity contribution in [2.24, 2.45) is 0 Å². The Kier molecular flexibility index (Phi) is 4.50. The van der Waals surface area contributed by atoms with Crippen molar-refractivity contribution in [1.29, 1.82) is 0 Å². The lowest BCUT2D eigenvalue weighted by Gasteiger charge is -2.13. The van der Waals surface area contributed by atoms with Crippen LogP contribution in [0.3, 0.4) is 0 Å². The van der Waals surface area contributed by atoms with Crippen LogP contribution in [0.15, 0.2) is 18.2 Å². The first kappa shape index (κ1) is 14.0. The molecule has 0 aliphatic carbocycles. The SMILES string of the molecule is CCc1nnsc1C(O)Cc1cc(C)ccc1OC. The molecule has 0 radical (unpaired) electrons. The minimum atomic E-state index is -0.578. The first-order chi connectivity index (χ1) is 9.15. The van der Waals surface area contributed by atoms with E-state index in [1.54, 1.807) is 7.11 Å². The zero-order chi connectivity index (χ0) is 13.8. The highest BCUT2D eigenvalue weighted by Gasteiger charge is 2.18. The summed E-state index contributed by atoms with van der Waals surface area (Å²) in [6, 6.07) is 5.98. The molecular weight excluding hydrogens is 260 g/mol. The third-order valence-corrected chi connectivity index (χ3v) is 3.94. The van der Waals surface area contributed by atoms with Gasteiger partial charge in [0.25, 0.3) is 0 Å². The van der Waals surface area contributed by atoms with E-state index >= 15 is 0 Å². The number of hydrogen-bond donors (Lipinski definition) is 1. The number of aliphatic hydroxyl groups excluding tert-OH is 1. The predicted octanol–water partition coefficient (Wildman–Crippen LogP) is 2.69. The molecule has 0 spiro atoms. The second-order valence-electron chi connectivity index (χ2n) is 4.47. The third kappa shape index (κ3) is 3.11. The number of aryl methyl sites for hydroxylation is 2. The smallest absolute Gasteiger partial charge is 0.122 e. The van der Waals surface area contributed by atoms with Gasteiger partial charge in [0.1, 0.15) is 5.75 Å². The van der Waals surface area contributed by atoms with Crippen LogP contribution < -0.4 is 4.74 Å². The van der Waals surface area contributed by atoms with E-state index in [1.165, 1.54) is 11.5 Å². The zero-order valence-electron chi connectivity index (χ0n) is 11.4. The Bertz CT molecular complexity index is 554. The van der Waals surface area contributed by atoms with Crippen LogP contribution in [0, 0.1) is 6.92 Å². The largest absolute Gasteiger partial charge is 0.496 e. The van der Waals surface area contributed by atoms with Crippen LogP contribution in [0.2, 0.25) is 0 Å². The fourth-order valence-electron chi connectivity index (χ4n) is 2.08. The van der Waals surface area contributed by atoms with Crippen LogP contribution in [-0.4, -0.2) is 21.8 Å². The normalized spacial score (nSPS) is 12.4. The highest BCUT2D eigenvalue weighted by molar-refractivity contribution is 7.05. The van der Waals surface area contributed by atoms with Gasteiger partial charge in [-0.15, -0.1) is 5.10 Å². The molecule has 0 amide bonds. The lowest BCUT2D eigenvalue weighted by atomic mass is 10.0. The molecule has 0 saturated carbocycles. The van der Waals surface area contributed by atoms with Gasteiger partial charge in [-0.25, -0.2) is 0 Å². The van der Waals surface area contributed by atoms with Crippen molar-refractivity contribution in [1.82, 2.24) is 9.59 Å². The van der Waals surface area contributed by atoms with Crippen molar-refractivity contribution in [2.75, 3.05) is 7.11 Å². The van der Waals surface area contributed by atoms with Crippen LogP contribution in [0.1, 0.15) is 34.7 Å². The van der Waals surface area contributed by atoms with Crippen molar-refractivity contribution in [3.8, 4) is 5.75 Å². The first-order valence-corrected chi connectivity index (χ1v) is 7.05. The zero-order valence-corrected chi connectivity index (χ0v) is 12.2. The number of ether oxygens (including phenoxy) is 1. The molecule has 0 aliphatic rings. The first-order valence-electron chi connectivity index (χ1n) is 6.28. The maximum absolute atomic E-state index is 10.4. The summed E-state index contributed by atoms with van der Waals surface area (Å²) in [7, 11) is 1.65. The lowest BCUT2D eigenvalue weighted by molar-refractivity contribution is 0.180.